The van der Waals surface area contributed by atoms with Gasteiger partial charge in [0.05, 0.1) is 18.0 Å². The van der Waals surface area contributed by atoms with Gasteiger partial charge in [0.25, 0.3) is 0 Å². The van der Waals surface area contributed by atoms with E-state index in [1.807, 2.05) is 30.0 Å². The number of hydrogen-bond donors (Lipinski definition) is 2. The molecule has 152 valence electrons. The van der Waals surface area contributed by atoms with Gasteiger partial charge in [-0.25, -0.2) is 4.39 Å². The van der Waals surface area contributed by atoms with E-state index in [1.54, 1.807) is 12.1 Å². The molecule has 0 spiro atoms. The minimum absolute atomic E-state index is 0.00127. The highest BCUT2D eigenvalue weighted by molar-refractivity contribution is 6.30. The van der Waals surface area contributed by atoms with Crippen molar-refractivity contribution in [3.63, 3.8) is 0 Å². The van der Waals surface area contributed by atoms with Gasteiger partial charge in [-0.1, -0.05) is 11.6 Å². The molecule has 4 rings (SSSR count). The molecule has 1 fully saturated rings. The van der Waals surface area contributed by atoms with Crippen molar-refractivity contribution in [1.82, 2.24) is 4.90 Å². The van der Waals surface area contributed by atoms with E-state index in [9.17, 15) is 14.0 Å². The van der Waals surface area contributed by atoms with Crippen LogP contribution in [-0.4, -0.2) is 48.9 Å². The summed E-state index contributed by atoms with van der Waals surface area (Å²) in [5, 5.41) is 6.05. The van der Waals surface area contributed by atoms with Crippen molar-refractivity contribution >= 4 is 40.5 Å². The zero-order valence-corrected chi connectivity index (χ0v) is 16.8. The lowest BCUT2D eigenvalue weighted by molar-refractivity contribution is -0.131. The molecular formula is C21H22ClFN4O2. The summed E-state index contributed by atoms with van der Waals surface area (Å²) in [6.45, 7) is 3.99. The largest absolute Gasteiger partial charge is 0.376 e. The van der Waals surface area contributed by atoms with Crippen LogP contribution in [0.1, 0.15) is 12.5 Å². The van der Waals surface area contributed by atoms with E-state index in [-0.39, 0.29) is 29.4 Å². The molecular weight excluding hydrogens is 395 g/mol. The first-order valence-electron chi connectivity index (χ1n) is 9.57. The van der Waals surface area contributed by atoms with Crippen molar-refractivity contribution in [2.45, 2.75) is 19.4 Å². The van der Waals surface area contributed by atoms with Crippen LogP contribution in [0, 0.1) is 5.82 Å². The third-order valence-electron chi connectivity index (χ3n) is 5.39. The topological polar surface area (TPSA) is 64.7 Å². The SMILES string of the molecule is C[C@@H]1CN(c2ccc(Cl)c(F)c2)CCN1C(=O)CNc1ccc2c(c1)CC(=O)N2. The van der Waals surface area contributed by atoms with Crippen molar-refractivity contribution in [3.8, 4) is 0 Å². The molecule has 2 aliphatic rings. The van der Waals surface area contributed by atoms with Gasteiger partial charge in [-0.3, -0.25) is 9.59 Å². The number of benzene rings is 2. The fraction of sp³-hybridized carbons (Fsp3) is 0.333. The fourth-order valence-corrected chi connectivity index (χ4v) is 3.98. The highest BCUT2D eigenvalue weighted by Crippen LogP contribution is 2.26. The zero-order chi connectivity index (χ0) is 20.5. The lowest BCUT2D eigenvalue weighted by Crippen LogP contribution is -2.55. The second-order valence-corrected chi connectivity index (χ2v) is 7.84. The molecule has 2 aliphatic heterocycles. The van der Waals surface area contributed by atoms with Gasteiger partial charge in [0.2, 0.25) is 11.8 Å². The second-order valence-electron chi connectivity index (χ2n) is 7.43. The van der Waals surface area contributed by atoms with Crippen LogP contribution in [0.25, 0.3) is 0 Å². The highest BCUT2D eigenvalue weighted by atomic mass is 35.5. The Balaban J connectivity index is 1.34. The van der Waals surface area contributed by atoms with E-state index in [0.29, 0.717) is 26.1 Å². The Labute approximate surface area is 173 Å². The van der Waals surface area contributed by atoms with Crippen LogP contribution < -0.4 is 15.5 Å². The van der Waals surface area contributed by atoms with Gasteiger partial charge in [-0.15, -0.1) is 0 Å². The Hall–Kier alpha value is -2.80. The van der Waals surface area contributed by atoms with Crippen molar-refractivity contribution in [3.05, 3.63) is 52.8 Å². The van der Waals surface area contributed by atoms with Gasteiger partial charge in [-0.2, -0.15) is 0 Å². The molecule has 29 heavy (non-hydrogen) atoms. The minimum Gasteiger partial charge on any atom is -0.376 e. The van der Waals surface area contributed by atoms with Crippen molar-refractivity contribution in [1.29, 1.82) is 0 Å². The molecule has 0 bridgehead atoms. The number of anilines is 3. The lowest BCUT2D eigenvalue weighted by Gasteiger charge is -2.41. The molecule has 2 heterocycles. The molecule has 2 amide bonds. The van der Waals surface area contributed by atoms with Crippen molar-refractivity contribution < 1.29 is 14.0 Å². The molecule has 2 aromatic carbocycles. The molecule has 0 saturated carbocycles. The quantitative estimate of drug-likeness (QED) is 0.803. The number of halogens is 2. The maximum absolute atomic E-state index is 13.7. The molecule has 0 aromatic heterocycles. The lowest BCUT2D eigenvalue weighted by atomic mass is 10.1. The molecule has 2 aromatic rings. The van der Waals surface area contributed by atoms with Crippen LogP contribution in [0.4, 0.5) is 21.5 Å². The van der Waals surface area contributed by atoms with Crippen LogP contribution in [-0.2, 0) is 16.0 Å². The van der Waals surface area contributed by atoms with Crippen molar-refractivity contribution in [2.24, 2.45) is 0 Å². The summed E-state index contributed by atoms with van der Waals surface area (Å²) in [7, 11) is 0. The van der Waals surface area contributed by atoms with E-state index in [0.717, 1.165) is 22.6 Å². The van der Waals surface area contributed by atoms with Crippen LogP contribution in [0.15, 0.2) is 36.4 Å². The maximum atomic E-state index is 13.7. The fourth-order valence-electron chi connectivity index (χ4n) is 3.86. The summed E-state index contributed by atoms with van der Waals surface area (Å²) in [6, 6.07) is 10.4. The molecule has 8 heteroatoms. The first-order chi connectivity index (χ1) is 13.9. The van der Waals surface area contributed by atoms with Crippen LogP contribution >= 0.6 is 11.6 Å². The number of piperazine rings is 1. The summed E-state index contributed by atoms with van der Waals surface area (Å²) in [4.78, 5) is 28.1. The van der Waals surface area contributed by atoms with Gasteiger partial charge < -0.3 is 20.4 Å². The van der Waals surface area contributed by atoms with E-state index in [2.05, 4.69) is 15.5 Å². The Bertz CT molecular complexity index is 968. The third-order valence-corrected chi connectivity index (χ3v) is 5.70. The number of fused-ring (bicyclic) bond motifs is 1. The average molecular weight is 417 g/mol. The number of hydrogen-bond acceptors (Lipinski definition) is 4. The first-order valence-corrected chi connectivity index (χ1v) is 9.94. The molecule has 2 N–H and O–H groups in total. The number of amides is 2. The third kappa shape index (κ3) is 4.15. The summed E-state index contributed by atoms with van der Waals surface area (Å²) in [5.74, 6) is -0.444. The van der Waals surface area contributed by atoms with E-state index < -0.39 is 5.82 Å². The summed E-state index contributed by atoms with van der Waals surface area (Å²) < 4.78 is 13.7. The molecule has 6 nitrogen and oxygen atoms in total. The van der Waals surface area contributed by atoms with Crippen LogP contribution in [0.2, 0.25) is 5.02 Å². The minimum atomic E-state index is -0.439. The maximum Gasteiger partial charge on any atom is 0.242 e. The van der Waals surface area contributed by atoms with E-state index >= 15 is 0 Å². The molecule has 0 radical (unpaired) electrons. The number of carbonyl (C=O) groups is 2. The predicted octanol–water partition coefficient (Wildman–Crippen LogP) is 3.12. The predicted molar refractivity (Wildman–Crippen MR) is 112 cm³/mol. The summed E-state index contributed by atoms with van der Waals surface area (Å²) >= 11 is 5.76. The monoisotopic (exact) mass is 416 g/mol. The summed E-state index contributed by atoms with van der Waals surface area (Å²) in [5.41, 5.74) is 3.35. The Morgan fingerprint density at radius 1 is 1.28 bits per heavy atom. The number of nitrogens with zero attached hydrogens (tertiary/aromatic N) is 2. The number of nitrogens with one attached hydrogen (secondary N) is 2. The Kier molecular flexibility index (Phi) is 5.32. The van der Waals surface area contributed by atoms with Crippen molar-refractivity contribution in [2.75, 3.05) is 41.7 Å². The molecule has 1 saturated heterocycles. The Morgan fingerprint density at radius 3 is 2.86 bits per heavy atom. The number of carbonyl (C=O) groups excluding carboxylic acids is 2. The first kappa shape index (κ1) is 19.5. The second kappa shape index (κ2) is 7.91. The number of rotatable bonds is 4. The zero-order valence-electron chi connectivity index (χ0n) is 16.0. The highest BCUT2D eigenvalue weighted by Gasteiger charge is 2.27. The smallest absolute Gasteiger partial charge is 0.242 e. The Morgan fingerprint density at radius 2 is 2.10 bits per heavy atom. The summed E-state index contributed by atoms with van der Waals surface area (Å²) in [6.07, 6.45) is 0.364. The van der Waals surface area contributed by atoms with Gasteiger partial charge in [-0.05, 0) is 48.9 Å². The molecule has 0 unspecified atom stereocenters. The molecule has 0 aliphatic carbocycles. The van der Waals surface area contributed by atoms with E-state index in [1.165, 1.54) is 6.07 Å². The van der Waals surface area contributed by atoms with Crippen LogP contribution in [0.3, 0.4) is 0 Å². The normalized spacial score (nSPS) is 18.4. The van der Waals surface area contributed by atoms with Gasteiger partial charge in [0.15, 0.2) is 0 Å². The van der Waals surface area contributed by atoms with Gasteiger partial charge >= 0.3 is 0 Å². The van der Waals surface area contributed by atoms with Crippen LogP contribution in [0.5, 0.6) is 0 Å². The van der Waals surface area contributed by atoms with Gasteiger partial charge in [0.1, 0.15) is 5.82 Å². The molecule has 1 atom stereocenters. The standard InChI is InChI=1S/C21H22ClFN4O2/c1-13-12-26(16-3-4-17(22)18(23)10-16)6-7-27(13)21(29)11-24-15-2-5-19-14(8-15)9-20(28)25-19/h2-5,8,10,13,24H,6-7,9,11-12H2,1H3,(H,25,28)/t13-/m1/s1. The average Bonchev–Trinajstić information content (AvgIpc) is 3.07. The van der Waals surface area contributed by atoms with Gasteiger partial charge in [0, 0.05) is 42.7 Å². The van der Waals surface area contributed by atoms with E-state index in [4.69, 9.17) is 11.6 Å².